The average molecular weight is 360 g/mol. The van der Waals surface area contributed by atoms with Gasteiger partial charge in [-0.15, -0.1) is 0 Å². The minimum absolute atomic E-state index is 0.220. The largest absolute Gasteiger partial charge is 0.466 e. The summed E-state index contributed by atoms with van der Waals surface area (Å²) in [5.74, 6) is -4.61. The average Bonchev–Trinajstić information content (AvgIpc) is 2.69. The fourth-order valence-corrected chi connectivity index (χ4v) is 3.73. The number of benzene rings is 1. The van der Waals surface area contributed by atoms with E-state index in [-0.39, 0.29) is 12.2 Å². The fourth-order valence-electron chi connectivity index (χ4n) is 3.73. The van der Waals surface area contributed by atoms with E-state index in [1.165, 1.54) is 27.4 Å². The van der Waals surface area contributed by atoms with Gasteiger partial charge in [-0.05, 0) is 18.6 Å². The number of ketones is 1. The molecule has 0 N–H and O–H groups in total. The summed E-state index contributed by atoms with van der Waals surface area (Å²) in [5.41, 5.74) is 0.691. The Balaban J connectivity index is 1.91. The summed E-state index contributed by atoms with van der Waals surface area (Å²) in [6.07, 6.45) is 1.02. The highest BCUT2D eigenvalue weighted by Gasteiger charge is 2.62. The molecule has 0 aromatic heterocycles. The summed E-state index contributed by atoms with van der Waals surface area (Å²) in [6.45, 7) is 0. The van der Waals surface area contributed by atoms with Gasteiger partial charge in [-0.1, -0.05) is 24.3 Å². The van der Waals surface area contributed by atoms with Crippen LogP contribution in [0.4, 0.5) is 0 Å². The first kappa shape index (κ1) is 18.3. The normalized spacial score (nSPS) is 26.2. The van der Waals surface area contributed by atoms with Crippen molar-refractivity contribution in [1.29, 1.82) is 0 Å². The fraction of sp³-hybridized carbons (Fsp3) is 0.421. The maximum atomic E-state index is 12.9. The molecule has 3 aliphatic carbocycles. The van der Waals surface area contributed by atoms with Gasteiger partial charge < -0.3 is 18.9 Å². The van der Waals surface area contributed by atoms with Crippen molar-refractivity contribution in [3.8, 4) is 0 Å². The number of hydrogen-bond donors (Lipinski definition) is 0. The second-order valence-electron chi connectivity index (χ2n) is 6.18. The molecular weight excluding hydrogens is 340 g/mol. The molecule has 0 aliphatic heterocycles. The van der Waals surface area contributed by atoms with Gasteiger partial charge in [-0.25, -0.2) is 9.59 Å². The van der Waals surface area contributed by atoms with Crippen molar-refractivity contribution in [3.63, 3.8) is 0 Å². The van der Waals surface area contributed by atoms with Crippen molar-refractivity contribution in [1.82, 2.24) is 0 Å². The van der Waals surface area contributed by atoms with Crippen LogP contribution in [0.15, 0.2) is 42.0 Å². The lowest BCUT2D eigenvalue weighted by Crippen LogP contribution is -2.63. The first-order valence-electron chi connectivity index (χ1n) is 8.19. The van der Waals surface area contributed by atoms with Gasteiger partial charge in [0.25, 0.3) is 0 Å². The molecule has 0 heterocycles. The molecule has 138 valence electrons. The number of methoxy groups -OCH3 is 3. The zero-order valence-electron chi connectivity index (χ0n) is 14.8. The van der Waals surface area contributed by atoms with Gasteiger partial charge in [0.2, 0.25) is 11.6 Å². The number of ether oxygens (including phenoxy) is 4. The summed E-state index contributed by atoms with van der Waals surface area (Å²) >= 11 is 0. The lowest BCUT2D eigenvalue weighted by molar-refractivity contribution is -0.245. The Morgan fingerprint density at radius 1 is 1.04 bits per heavy atom. The van der Waals surface area contributed by atoms with Crippen molar-refractivity contribution >= 4 is 17.7 Å². The molecule has 4 rings (SSSR count). The molecule has 1 aromatic rings. The molecule has 7 nitrogen and oxygen atoms in total. The van der Waals surface area contributed by atoms with Gasteiger partial charge in [0.05, 0.1) is 24.5 Å². The Hall–Kier alpha value is -2.51. The molecule has 7 heteroatoms. The Kier molecular flexibility index (Phi) is 4.93. The van der Waals surface area contributed by atoms with Gasteiger partial charge >= 0.3 is 11.9 Å². The molecular formula is C19H20O7. The first-order valence-corrected chi connectivity index (χ1v) is 8.19. The van der Waals surface area contributed by atoms with Crippen LogP contribution in [0.2, 0.25) is 0 Å². The molecule has 0 amide bonds. The van der Waals surface area contributed by atoms with E-state index in [4.69, 9.17) is 18.9 Å². The van der Waals surface area contributed by atoms with Gasteiger partial charge in [-0.2, -0.15) is 0 Å². The molecule has 26 heavy (non-hydrogen) atoms. The van der Waals surface area contributed by atoms with E-state index >= 15 is 0 Å². The minimum Gasteiger partial charge on any atom is -0.466 e. The number of hydrogen-bond acceptors (Lipinski definition) is 7. The third-order valence-corrected chi connectivity index (χ3v) is 5.00. The van der Waals surface area contributed by atoms with Crippen LogP contribution in [0, 0.1) is 11.8 Å². The summed E-state index contributed by atoms with van der Waals surface area (Å²) in [5, 5.41) is 0. The Labute approximate surface area is 150 Å². The Morgan fingerprint density at radius 3 is 2.27 bits per heavy atom. The molecule has 1 saturated carbocycles. The van der Waals surface area contributed by atoms with Crippen LogP contribution in [-0.2, 0) is 28.5 Å². The molecule has 2 bridgehead atoms. The van der Waals surface area contributed by atoms with Crippen LogP contribution >= 0.6 is 0 Å². The number of carbonyl (C=O) groups is 3. The predicted molar refractivity (Wildman–Crippen MR) is 89.1 cm³/mol. The molecule has 3 atom stereocenters. The predicted octanol–water partition coefficient (Wildman–Crippen LogP) is 1.52. The molecule has 0 unspecified atom stereocenters. The zero-order chi connectivity index (χ0) is 18.9. The Morgan fingerprint density at radius 2 is 1.69 bits per heavy atom. The van der Waals surface area contributed by atoms with E-state index in [2.05, 4.69) is 0 Å². The standard InChI is InChI=1S/C19H20O7/c1-23-18(22)12-9-13-15(26-17(21)11-7-5-4-6-8-11)10-14(12)19(24-2,25-3)16(13)20/h4-9,13-15H,10H2,1-3H3/t13-,14-,15+/m1/s1. The highest BCUT2D eigenvalue weighted by molar-refractivity contribution is 6.00. The van der Waals surface area contributed by atoms with Crippen LogP contribution in [0.5, 0.6) is 0 Å². The van der Waals surface area contributed by atoms with Gasteiger partial charge in [-0.3, -0.25) is 4.79 Å². The number of rotatable bonds is 5. The van der Waals surface area contributed by atoms with Crippen molar-refractivity contribution in [2.24, 2.45) is 11.8 Å². The van der Waals surface area contributed by atoms with E-state index in [1.807, 2.05) is 0 Å². The summed E-state index contributed by atoms with van der Waals surface area (Å²) in [7, 11) is 3.96. The van der Waals surface area contributed by atoms with Crippen molar-refractivity contribution < 1.29 is 33.3 Å². The Bertz CT molecular complexity index is 748. The lowest BCUT2D eigenvalue weighted by Gasteiger charge is -2.49. The zero-order valence-corrected chi connectivity index (χ0v) is 14.8. The summed E-state index contributed by atoms with van der Waals surface area (Å²) < 4.78 is 21.1. The topological polar surface area (TPSA) is 88.1 Å². The van der Waals surface area contributed by atoms with Crippen LogP contribution in [0.3, 0.4) is 0 Å². The van der Waals surface area contributed by atoms with E-state index in [1.54, 1.807) is 30.3 Å². The quantitative estimate of drug-likeness (QED) is 0.581. The second-order valence-corrected chi connectivity index (χ2v) is 6.18. The monoisotopic (exact) mass is 360 g/mol. The number of Topliss-reactive ketones (excluding diaryl/α,β-unsaturated/α-hetero) is 1. The summed E-state index contributed by atoms with van der Waals surface area (Å²) in [6, 6.07) is 8.51. The van der Waals surface area contributed by atoms with E-state index < -0.39 is 35.7 Å². The smallest absolute Gasteiger partial charge is 0.338 e. The van der Waals surface area contributed by atoms with Crippen LogP contribution < -0.4 is 0 Å². The third-order valence-electron chi connectivity index (χ3n) is 5.00. The SMILES string of the molecule is COC(=O)C1=C[C@H]2C(=O)C(OC)(OC)[C@@H]1C[C@@H]2OC(=O)c1ccccc1. The molecule has 0 spiro atoms. The number of carbonyl (C=O) groups excluding carboxylic acids is 3. The van der Waals surface area contributed by atoms with E-state index in [9.17, 15) is 14.4 Å². The molecule has 1 aromatic carbocycles. The molecule has 3 aliphatic rings. The minimum atomic E-state index is -1.58. The second kappa shape index (κ2) is 7.01. The molecule has 1 fully saturated rings. The van der Waals surface area contributed by atoms with E-state index in [0.29, 0.717) is 11.1 Å². The van der Waals surface area contributed by atoms with Crippen molar-refractivity contribution in [3.05, 3.63) is 47.5 Å². The highest BCUT2D eigenvalue weighted by atomic mass is 16.7. The number of fused-ring (bicyclic) bond motifs is 2. The van der Waals surface area contributed by atoms with Crippen molar-refractivity contribution in [2.75, 3.05) is 21.3 Å². The summed E-state index contributed by atoms with van der Waals surface area (Å²) in [4.78, 5) is 37.4. The maximum absolute atomic E-state index is 12.9. The van der Waals surface area contributed by atoms with Crippen LogP contribution in [-0.4, -0.2) is 50.9 Å². The van der Waals surface area contributed by atoms with Crippen LogP contribution in [0.1, 0.15) is 16.8 Å². The van der Waals surface area contributed by atoms with Gasteiger partial charge in [0.1, 0.15) is 6.10 Å². The third kappa shape index (κ3) is 2.73. The maximum Gasteiger partial charge on any atom is 0.338 e. The van der Waals surface area contributed by atoms with E-state index in [0.717, 1.165) is 0 Å². The lowest BCUT2D eigenvalue weighted by atomic mass is 9.65. The van der Waals surface area contributed by atoms with Gasteiger partial charge in [0, 0.05) is 19.8 Å². The molecule has 0 saturated heterocycles. The highest BCUT2D eigenvalue weighted by Crippen LogP contribution is 2.48. The first-order chi connectivity index (χ1) is 12.5. The van der Waals surface area contributed by atoms with Crippen molar-refractivity contribution in [2.45, 2.75) is 18.3 Å². The van der Waals surface area contributed by atoms with Gasteiger partial charge in [0.15, 0.2) is 0 Å². The number of esters is 2. The van der Waals surface area contributed by atoms with Crippen LogP contribution in [0.25, 0.3) is 0 Å². The molecule has 0 radical (unpaired) electrons.